The largest absolute Gasteiger partial charge is 0.460 e. The number of ether oxygens (including phenoxy) is 1. The van der Waals surface area contributed by atoms with Crippen LogP contribution in [0.3, 0.4) is 0 Å². The molecule has 0 bridgehead atoms. The van der Waals surface area contributed by atoms with Gasteiger partial charge < -0.3 is 14.6 Å². The summed E-state index contributed by atoms with van der Waals surface area (Å²) in [5.74, 6) is 0.333. The number of esters is 1. The van der Waals surface area contributed by atoms with Gasteiger partial charge in [0, 0.05) is 18.0 Å². The van der Waals surface area contributed by atoms with Crippen LogP contribution in [0.15, 0.2) is 21.9 Å². The molecule has 31 heavy (non-hydrogen) atoms. The summed E-state index contributed by atoms with van der Waals surface area (Å²) in [5.41, 5.74) is 1.96. The summed E-state index contributed by atoms with van der Waals surface area (Å²) in [4.78, 5) is 37.8. The van der Waals surface area contributed by atoms with E-state index in [1.807, 2.05) is 44.7 Å². The van der Waals surface area contributed by atoms with Gasteiger partial charge in [0.15, 0.2) is 11.2 Å². The van der Waals surface area contributed by atoms with Crippen LogP contribution in [0, 0.1) is 6.92 Å². The second-order valence-corrected chi connectivity index (χ2v) is 9.20. The van der Waals surface area contributed by atoms with E-state index in [2.05, 4.69) is 21.5 Å². The molecule has 3 rings (SSSR count). The maximum atomic E-state index is 12.4. The summed E-state index contributed by atoms with van der Waals surface area (Å²) < 4.78 is 5.34. The van der Waals surface area contributed by atoms with Crippen LogP contribution in [-0.2, 0) is 9.53 Å². The minimum atomic E-state index is -0.450. The topological polar surface area (TPSA) is 87.7 Å². The van der Waals surface area contributed by atoms with Gasteiger partial charge in [0.25, 0.3) is 5.56 Å². The van der Waals surface area contributed by atoms with E-state index in [9.17, 15) is 9.59 Å². The Balaban J connectivity index is 1.70. The van der Waals surface area contributed by atoms with Gasteiger partial charge in [0.05, 0.1) is 11.4 Å². The van der Waals surface area contributed by atoms with Crippen molar-refractivity contribution in [1.29, 1.82) is 0 Å². The molecule has 1 aliphatic heterocycles. The number of H-pyrrole nitrogens is 1. The number of hydrogen-bond donors (Lipinski definition) is 1. The first-order chi connectivity index (χ1) is 14.5. The summed E-state index contributed by atoms with van der Waals surface area (Å²) in [7, 11) is 0. The highest BCUT2D eigenvalue weighted by atomic mass is 35.5. The van der Waals surface area contributed by atoms with Crippen LogP contribution in [-0.4, -0.2) is 28.1 Å². The predicted octanol–water partition coefficient (Wildman–Crippen LogP) is 3.84. The quantitative estimate of drug-likeness (QED) is 0.517. The number of nitrogens with zero attached hydrogens (tertiary/aromatic N) is 3. The zero-order chi connectivity index (χ0) is 22.8. The first kappa shape index (κ1) is 23.0. The van der Waals surface area contributed by atoms with Gasteiger partial charge in [-0.3, -0.25) is 9.59 Å². The van der Waals surface area contributed by atoms with Gasteiger partial charge in [0.1, 0.15) is 11.1 Å². The summed E-state index contributed by atoms with van der Waals surface area (Å²) in [6.45, 7) is 11.9. The summed E-state index contributed by atoms with van der Waals surface area (Å²) in [6.07, 6.45) is 3.90. The van der Waals surface area contributed by atoms with Crippen molar-refractivity contribution in [1.82, 2.24) is 9.97 Å². The maximum Gasteiger partial charge on any atom is 0.306 e. The third-order valence-corrected chi connectivity index (χ3v) is 5.30. The Morgan fingerprint density at radius 3 is 2.65 bits per heavy atom. The van der Waals surface area contributed by atoms with Crippen molar-refractivity contribution in [3.8, 4) is 0 Å². The first-order valence-corrected chi connectivity index (χ1v) is 10.9. The third-order valence-electron chi connectivity index (χ3n) is 4.89. The standard InChI is InChI=1S/C23H29ClN4O3/c1-14-12-17-18(13-16(14)24)28(21-20(27-17)22(30)26-15(2)25-21)11-9-7-6-8-10-19(29)31-23(3,4)5/h12-13H,2,6-11H2,1,3-5H3,(H,26,30). The number of unbranched alkanes of at least 4 members (excludes halogenated alkanes) is 3. The Hall–Kier alpha value is -2.67. The molecule has 1 aromatic carbocycles. The van der Waals surface area contributed by atoms with Crippen LogP contribution < -0.4 is 21.3 Å². The van der Waals surface area contributed by atoms with E-state index in [0.717, 1.165) is 36.9 Å². The maximum absolute atomic E-state index is 12.4. The zero-order valence-electron chi connectivity index (χ0n) is 18.5. The Morgan fingerprint density at radius 1 is 1.23 bits per heavy atom. The van der Waals surface area contributed by atoms with Gasteiger partial charge >= 0.3 is 5.97 Å². The lowest BCUT2D eigenvalue weighted by Crippen LogP contribution is -2.42. The lowest BCUT2D eigenvalue weighted by molar-refractivity contribution is -0.154. The molecule has 1 N–H and O–H groups in total. The fraction of sp³-hybridized carbons (Fsp3) is 0.478. The molecule has 0 radical (unpaired) electrons. The fourth-order valence-corrected chi connectivity index (χ4v) is 3.66. The van der Waals surface area contributed by atoms with E-state index in [0.29, 0.717) is 35.0 Å². The molecule has 2 aromatic rings. The Kier molecular flexibility index (Phi) is 6.84. The molecule has 1 aromatic heterocycles. The molecule has 2 heterocycles. The van der Waals surface area contributed by atoms with Crippen LogP contribution in [0.1, 0.15) is 58.4 Å². The number of carbonyl (C=O) groups excluding carboxylic acids is 1. The summed E-state index contributed by atoms with van der Waals surface area (Å²) >= 11 is 6.37. The number of carbonyl (C=O) groups is 1. The highest BCUT2D eigenvalue weighted by Gasteiger charge is 2.23. The molecule has 7 nitrogen and oxygen atoms in total. The van der Waals surface area contributed by atoms with Gasteiger partial charge in [-0.05, 0) is 58.2 Å². The van der Waals surface area contributed by atoms with Crippen LogP contribution in [0.5, 0.6) is 0 Å². The van der Waals surface area contributed by atoms with Crippen LogP contribution >= 0.6 is 11.6 Å². The number of aromatic amines is 1. The zero-order valence-corrected chi connectivity index (χ0v) is 19.3. The number of aromatic nitrogens is 2. The molecule has 0 spiro atoms. The lowest BCUT2D eigenvalue weighted by Gasteiger charge is -2.28. The molecular weight excluding hydrogens is 416 g/mol. The Morgan fingerprint density at radius 2 is 1.94 bits per heavy atom. The van der Waals surface area contributed by atoms with E-state index < -0.39 is 5.60 Å². The first-order valence-electron chi connectivity index (χ1n) is 10.5. The van der Waals surface area contributed by atoms with Gasteiger partial charge in [-0.15, -0.1) is 0 Å². The minimum absolute atomic E-state index is 0.163. The van der Waals surface area contributed by atoms with E-state index >= 15 is 0 Å². The molecule has 1 aliphatic rings. The summed E-state index contributed by atoms with van der Waals surface area (Å²) in [5, 5.41) is 0.922. The monoisotopic (exact) mass is 444 g/mol. The fourth-order valence-electron chi connectivity index (χ4n) is 3.50. The average molecular weight is 445 g/mol. The Labute approximate surface area is 186 Å². The van der Waals surface area contributed by atoms with Crippen molar-refractivity contribution in [2.75, 3.05) is 11.4 Å². The smallest absolute Gasteiger partial charge is 0.306 e. The van der Waals surface area contributed by atoms with Crippen molar-refractivity contribution in [3.63, 3.8) is 0 Å². The number of benzene rings is 1. The number of rotatable bonds is 7. The molecule has 166 valence electrons. The minimum Gasteiger partial charge on any atom is -0.460 e. The predicted molar refractivity (Wildman–Crippen MR) is 123 cm³/mol. The number of fused-ring (bicyclic) bond motifs is 2. The molecule has 0 saturated carbocycles. The second kappa shape index (κ2) is 9.22. The van der Waals surface area contributed by atoms with Crippen LogP contribution in [0.4, 0.5) is 17.2 Å². The number of halogens is 1. The molecule has 0 atom stereocenters. The molecular formula is C23H29ClN4O3. The molecule has 0 aliphatic carbocycles. The van der Waals surface area contributed by atoms with Crippen molar-refractivity contribution in [2.45, 2.75) is 65.4 Å². The summed E-state index contributed by atoms with van der Waals surface area (Å²) in [6, 6.07) is 3.75. The van der Waals surface area contributed by atoms with Crippen molar-refractivity contribution < 1.29 is 9.53 Å². The molecule has 8 heteroatoms. The van der Waals surface area contributed by atoms with Crippen LogP contribution in [0.25, 0.3) is 6.58 Å². The Bertz CT molecular complexity index is 1150. The van der Waals surface area contributed by atoms with Crippen molar-refractivity contribution >= 4 is 41.3 Å². The van der Waals surface area contributed by atoms with E-state index in [1.54, 1.807) is 0 Å². The van der Waals surface area contributed by atoms with Crippen molar-refractivity contribution in [3.05, 3.63) is 43.9 Å². The lowest BCUT2D eigenvalue weighted by atomic mass is 10.1. The molecule has 0 unspecified atom stereocenters. The molecule has 0 amide bonds. The van der Waals surface area contributed by atoms with E-state index in [-0.39, 0.29) is 16.9 Å². The van der Waals surface area contributed by atoms with Crippen LogP contribution in [0.2, 0.25) is 5.02 Å². The van der Waals surface area contributed by atoms with E-state index in [1.165, 1.54) is 0 Å². The number of aryl methyl sites for hydroxylation is 1. The second-order valence-electron chi connectivity index (χ2n) is 8.79. The number of hydrogen-bond acceptors (Lipinski definition) is 6. The normalized spacial score (nSPS) is 12.7. The number of anilines is 2. The third kappa shape index (κ3) is 5.73. The number of nitrogens with one attached hydrogen (secondary N) is 1. The van der Waals surface area contributed by atoms with Gasteiger partial charge in [-0.2, -0.15) is 0 Å². The SMILES string of the molecule is C=c1nc2c(c(=O)[nH]1)=Nc1cc(C)c(Cl)cc1N2CCCCCCC(=O)OC(C)(C)C. The molecule has 0 fully saturated rings. The van der Waals surface area contributed by atoms with Gasteiger partial charge in [0.2, 0.25) is 0 Å². The van der Waals surface area contributed by atoms with Gasteiger partial charge in [-0.25, -0.2) is 9.98 Å². The van der Waals surface area contributed by atoms with E-state index in [4.69, 9.17) is 16.3 Å². The van der Waals surface area contributed by atoms with Gasteiger partial charge in [-0.1, -0.05) is 31.0 Å². The highest BCUT2D eigenvalue weighted by Crippen LogP contribution is 2.38. The molecule has 0 saturated heterocycles. The highest BCUT2D eigenvalue weighted by molar-refractivity contribution is 6.31. The van der Waals surface area contributed by atoms with Crippen molar-refractivity contribution in [2.24, 2.45) is 4.99 Å². The average Bonchev–Trinajstić information content (AvgIpc) is 2.64.